The molecule has 0 bridgehead atoms. The number of hydrogen-bond donors (Lipinski definition) is 0. The van der Waals surface area contributed by atoms with Gasteiger partial charge in [0.25, 0.3) is 0 Å². The number of nitrogens with zero attached hydrogens (tertiary/aromatic N) is 4. The molecule has 2 aromatic rings. The van der Waals surface area contributed by atoms with Crippen LogP contribution in [0.5, 0.6) is 0 Å². The summed E-state index contributed by atoms with van der Waals surface area (Å²) in [7, 11) is 3.89. The van der Waals surface area contributed by atoms with Gasteiger partial charge in [0.2, 0.25) is 5.91 Å². The van der Waals surface area contributed by atoms with Crippen LogP contribution in [0.1, 0.15) is 22.6 Å². The molecule has 2 aliphatic heterocycles. The summed E-state index contributed by atoms with van der Waals surface area (Å²) in [5.41, 5.74) is 0.0528. The SMILES string of the molecule is CN1CCN(CC(=O)N2C[C@H](c3ccc(Cl)c(Cl)c3)[C@H](N(C)Cc3ccc(C(F)(F)F)c(F)c3)C2)CC1. The fourth-order valence-corrected chi connectivity index (χ4v) is 5.40. The molecule has 11 heteroatoms. The van der Waals surface area contributed by atoms with Crippen molar-refractivity contribution in [3.05, 3.63) is 69.0 Å². The Morgan fingerprint density at radius 2 is 1.73 bits per heavy atom. The smallest absolute Gasteiger partial charge is 0.339 e. The maximum absolute atomic E-state index is 14.2. The first-order valence-electron chi connectivity index (χ1n) is 12.1. The highest BCUT2D eigenvalue weighted by atomic mass is 35.5. The Morgan fingerprint density at radius 3 is 2.35 bits per heavy atom. The van der Waals surface area contributed by atoms with Gasteiger partial charge in [0.1, 0.15) is 5.82 Å². The molecule has 5 nitrogen and oxygen atoms in total. The summed E-state index contributed by atoms with van der Waals surface area (Å²) in [6.07, 6.45) is -4.75. The van der Waals surface area contributed by atoms with E-state index in [4.69, 9.17) is 23.2 Å². The lowest BCUT2D eigenvalue weighted by atomic mass is 9.93. The molecule has 2 fully saturated rings. The summed E-state index contributed by atoms with van der Waals surface area (Å²) in [6.45, 7) is 4.95. The molecule has 0 aliphatic carbocycles. The lowest BCUT2D eigenvalue weighted by Crippen LogP contribution is -2.48. The summed E-state index contributed by atoms with van der Waals surface area (Å²) in [4.78, 5) is 21.4. The second-order valence-corrected chi connectivity index (χ2v) is 10.8. The quantitative estimate of drug-likeness (QED) is 0.474. The van der Waals surface area contributed by atoms with Crippen molar-refractivity contribution in [1.29, 1.82) is 0 Å². The monoisotopic (exact) mass is 560 g/mol. The zero-order valence-electron chi connectivity index (χ0n) is 20.7. The van der Waals surface area contributed by atoms with E-state index in [1.165, 1.54) is 6.07 Å². The van der Waals surface area contributed by atoms with Gasteiger partial charge in [-0.05, 0) is 49.5 Å². The number of piperazine rings is 1. The zero-order chi connectivity index (χ0) is 26.9. The van der Waals surface area contributed by atoms with Crippen molar-refractivity contribution in [2.45, 2.75) is 24.7 Å². The molecule has 4 rings (SSSR count). The molecule has 1 amide bonds. The van der Waals surface area contributed by atoms with E-state index in [0.717, 1.165) is 43.9 Å². The van der Waals surface area contributed by atoms with E-state index in [1.54, 1.807) is 12.1 Å². The lowest BCUT2D eigenvalue weighted by Gasteiger charge is -2.33. The highest BCUT2D eigenvalue weighted by Gasteiger charge is 2.39. The first-order valence-corrected chi connectivity index (χ1v) is 12.9. The Morgan fingerprint density at radius 1 is 1.03 bits per heavy atom. The highest BCUT2D eigenvalue weighted by molar-refractivity contribution is 6.42. The largest absolute Gasteiger partial charge is 0.419 e. The molecule has 0 spiro atoms. The second kappa shape index (κ2) is 11.5. The maximum Gasteiger partial charge on any atom is 0.419 e. The van der Waals surface area contributed by atoms with Gasteiger partial charge in [-0.2, -0.15) is 13.2 Å². The minimum atomic E-state index is -4.75. The van der Waals surface area contributed by atoms with E-state index in [-0.39, 0.29) is 24.4 Å². The second-order valence-electron chi connectivity index (χ2n) is 9.95. The van der Waals surface area contributed by atoms with Crippen LogP contribution in [0.25, 0.3) is 0 Å². The average Bonchev–Trinajstić information content (AvgIpc) is 3.27. The molecule has 2 heterocycles. The number of likely N-dealkylation sites (tertiary alicyclic amines) is 1. The number of amides is 1. The summed E-state index contributed by atoms with van der Waals surface area (Å²) < 4.78 is 53.1. The van der Waals surface area contributed by atoms with Gasteiger partial charge in [0.15, 0.2) is 0 Å². The van der Waals surface area contributed by atoms with E-state index in [0.29, 0.717) is 35.2 Å². The van der Waals surface area contributed by atoms with Crippen molar-refractivity contribution in [2.75, 3.05) is 59.9 Å². The van der Waals surface area contributed by atoms with Crippen LogP contribution in [0.2, 0.25) is 10.0 Å². The molecular weight excluding hydrogens is 531 g/mol. The number of carbonyl (C=O) groups is 1. The molecular formula is C26H30Cl2F4N4O. The summed E-state index contributed by atoms with van der Waals surface area (Å²) in [5, 5.41) is 0.837. The van der Waals surface area contributed by atoms with Crippen LogP contribution in [0.4, 0.5) is 17.6 Å². The third-order valence-electron chi connectivity index (χ3n) is 7.31. The molecule has 0 radical (unpaired) electrons. The number of alkyl halides is 3. The summed E-state index contributed by atoms with van der Waals surface area (Å²) in [6, 6.07) is 8.24. The molecule has 0 saturated carbocycles. The highest BCUT2D eigenvalue weighted by Crippen LogP contribution is 2.36. The van der Waals surface area contributed by atoms with Gasteiger partial charge in [0, 0.05) is 57.8 Å². The standard InChI is InChI=1S/C26H30Cl2F4N4O/c1-33-7-9-35(10-8-33)16-25(37)36-14-19(18-4-6-21(27)22(28)12-18)24(15-36)34(2)13-17-3-5-20(23(29)11-17)26(30,31)32/h3-6,11-12,19,24H,7-10,13-16H2,1-2H3/t19-,24-/m1/s1. The van der Waals surface area contributed by atoms with Crippen LogP contribution in [-0.4, -0.2) is 91.5 Å². The molecule has 2 atom stereocenters. The van der Waals surface area contributed by atoms with Gasteiger partial charge >= 0.3 is 6.18 Å². The first-order chi connectivity index (χ1) is 17.4. The minimum absolute atomic E-state index is 0.0334. The zero-order valence-corrected chi connectivity index (χ0v) is 22.3. The number of halogens is 6. The van der Waals surface area contributed by atoms with Crippen LogP contribution in [0, 0.1) is 5.82 Å². The predicted molar refractivity (Wildman–Crippen MR) is 136 cm³/mol. The lowest BCUT2D eigenvalue weighted by molar-refractivity contribution is -0.140. The van der Waals surface area contributed by atoms with Crippen LogP contribution >= 0.6 is 23.2 Å². The molecule has 202 valence electrons. The van der Waals surface area contributed by atoms with Crippen molar-refractivity contribution in [2.24, 2.45) is 0 Å². The molecule has 2 aliphatic rings. The topological polar surface area (TPSA) is 30.0 Å². The van der Waals surface area contributed by atoms with Crippen molar-refractivity contribution in [3.63, 3.8) is 0 Å². The summed E-state index contributed by atoms with van der Waals surface area (Å²) in [5.74, 6) is -1.36. The van der Waals surface area contributed by atoms with Crippen LogP contribution < -0.4 is 0 Å². The molecule has 0 N–H and O–H groups in total. The van der Waals surface area contributed by atoms with Gasteiger partial charge in [-0.25, -0.2) is 4.39 Å². The predicted octanol–water partition coefficient (Wildman–Crippen LogP) is 4.83. The summed E-state index contributed by atoms with van der Waals surface area (Å²) >= 11 is 12.4. The van der Waals surface area contributed by atoms with E-state index >= 15 is 0 Å². The van der Waals surface area contributed by atoms with E-state index in [9.17, 15) is 22.4 Å². The molecule has 37 heavy (non-hydrogen) atoms. The van der Waals surface area contributed by atoms with Crippen molar-refractivity contribution >= 4 is 29.1 Å². The van der Waals surface area contributed by atoms with Gasteiger partial charge in [-0.15, -0.1) is 0 Å². The molecule has 0 unspecified atom stereocenters. The average molecular weight is 561 g/mol. The Bertz CT molecular complexity index is 1120. The Balaban J connectivity index is 1.52. The van der Waals surface area contributed by atoms with Crippen molar-refractivity contribution in [1.82, 2.24) is 19.6 Å². The van der Waals surface area contributed by atoms with Gasteiger partial charge < -0.3 is 9.80 Å². The third kappa shape index (κ3) is 6.75. The van der Waals surface area contributed by atoms with Gasteiger partial charge in [-0.1, -0.05) is 35.3 Å². The molecule has 2 saturated heterocycles. The minimum Gasteiger partial charge on any atom is -0.339 e. The van der Waals surface area contributed by atoms with E-state index in [1.807, 2.05) is 22.9 Å². The number of benzene rings is 2. The fourth-order valence-electron chi connectivity index (χ4n) is 5.10. The van der Waals surface area contributed by atoms with Gasteiger partial charge in [-0.3, -0.25) is 14.6 Å². The Hall–Kier alpha value is -1.91. The van der Waals surface area contributed by atoms with Crippen LogP contribution in [-0.2, 0) is 17.5 Å². The number of likely N-dealkylation sites (N-methyl/N-ethyl adjacent to an activating group) is 2. The third-order valence-corrected chi connectivity index (χ3v) is 8.04. The number of rotatable bonds is 6. The fraction of sp³-hybridized carbons (Fsp3) is 0.500. The number of carbonyl (C=O) groups excluding carboxylic acids is 1. The van der Waals surface area contributed by atoms with Crippen molar-refractivity contribution in [3.8, 4) is 0 Å². The normalized spacial score (nSPS) is 21.7. The van der Waals surface area contributed by atoms with E-state index < -0.39 is 17.6 Å². The van der Waals surface area contributed by atoms with Crippen LogP contribution in [0.3, 0.4) is 0 Å². The van der Waals surface area contributed by atoms with E-state index in [2.05, 4.69) is 16.8 Å². The Kier molecular flexibility index (Phi) is 8.70. The Labute approximate surface area is 224 Å². The molecule has 0 aromatic heterocycles. The number of hydrogen-bond acceptors (Lipinski definition) is 4. The molecule has 2 aromatic carbocycles. The van der Waals surface area contributed by atoms with Crippen molar-refractivity contribution < 1.29 is 22.4 Å². The van der Waals surface area contributed by atoms with Gasteiger partial charge in [0.05, 0.1) is 22.2 Å². The first kappa shape index (κ1) is 28.1. The van der Waals surface area contributed by atoms with Crippen LogP contribution in [0.15, 0.2) is 36.4 Å². The maximum atomic E-state index is 14.2.